The number of morpholine rings is 1. The summed E-state index contributed by atoms with van der Waals surface area (Å²) >= 11 is 0. The number of piperidine rings is 1. The van der Waals surface area contributed by atoms with E-state index in [9.17, 15) is 18.0 Å². The third-order valence-corrected chi connectivity index (χ3v) is 8.38. The third kappa shape index (κ3) is 4.01. The molecule has 2 fully saturated rings. The lowest BCUT2D eigenvalue weighted by molar-refractivity contribution is -0.136. The summed E-state index contributed by atoms with van der Waals surface area (Å²) < 4.78 is 38.5. The number of amides is 2. The minimum absolute atomic E-state index is 0.00573. The molecule has 2 saturated heterocycles. The predicted molar refractivity (Wildman–Crippen MR) is 122 cm³/mol. The van der Waals surface area contributed by atoms with Gasteiger partial charge in [0.25, 0.3) is 5.91 Å². The van der Waals surface area contributed by atoms with Crippen LogP contribution in [0.25, 0.3) is 11.3 Å². The lowest BCUT2D eigenvalue weighted by Crippen LogP contribution is -2.43. The van der Waals surface area contributed by atoms with Gasteiger partial charge in [0.15, 0.2) is 15.5 Å². The van der Waals surface area contributed by atoms with Crippen molar-refractivity contribution in [1.29, 1.82) is 0 Å². The predicted octanol–water partition coefficient (Wildman–Crippen LogP) is 1.12. The number of benzene rings is 1. The van der Waals surface area contributed by atoms with Crippen molar-refractivity contribution in [3.63, 3.8) is 0 Å². The molecule has 1 aromatic carbocycles. The summed E-state index contributed by atoms with van der Waals surface area (Å²) in [5.41, 5.74) is 1.83. The van der Waals surface area contributed by atoms with Crippen molar-refractivity contribution in [2.75, 3.05) is 53.1 Å². The fraction of sp³-hybridized carbons (Fsp3) is 0.522. The first-order chi connectivity index (χ1) is 16.4. The molecule has 10 nitrogen and oxygen atoms in total. The first kappa shape index (κ1) is 23.0. The molecule has 0 spiro atoms. The Bertz CT molecular complexity index is 1220. The van der Waals surface area contributed by atoms with E-state index in [2.05, 4.69) is 0 Å². The molecular weight excluding hydrogens is 460 g/mol. The maximum atomic E-state index is 13.5. The summed E-state index contributed by atoms with van der Waals surface area (Å²) in [5, 5.41) is 4.75. The van der Waals surface area contributed by atoms with Crippen LogP contribution < -0.4 is 0 Å². The second-order valence-electron chi connectivity index (χ2n) is 8.85. The van der Waals surface area contributed by atoms with E-state index in [0.717, 1.165) is 12.8 Å². The van der Waals surface area contributed by atoms with E-state index >= 15 is 0 Å². The third-order valence-electron chi connectivity index (χ3n) is 6.68. The highest BCUT2D eigenvalue weighted by Crippen LogP contribution is 2.41. The van der Waals surface area contributed by atoms with Crippen LogP contribution in [0.1, 0.15) is 34.9 Å². The van der Waals surface area contributed by atoms with Gasteiger partial charge in [0, 0.05) is 44.4 Å². The van der Waals surface area contributed by atoms with Crippen LogP contribution in [0.3, 0.4) is 0 Å². The Morgan fingerprint density at radius 2 is 1.91 bits per heavy atom. The van der Waals surface area contributed by atoms with Crippen molar-refractivity contribution in [1.82, 2.24) is 19.6 Å². The Labute approximate surface area is 198 Å². The van der Waals surface area contributed by atoms with E-state index in [1.165, 1.54) is 7.11 Å². The number of rotatable bonds is 4. The van der Waals surface area contributed by atoms with E-state index < -0.39 is 9.84 Å². The zero-order chi connectivity index (χ0) is 23.9. The number of carbonyl (C=O) groups excluding carboxylic acids is 2. The summed E-state index contributed by atoms with van der Waals surface area (Å²) in [5.74, 6) is -0.652. The molecular formula is C23H28N4O6S. The lowest BCUT2D eigenvalue weighted by atomic mass is 10.0. The van der Waals surface area contributed by atoms with E-state index in [1.807, 2.05) is 0 Å². The van der Waals surface area contributed by atoms with Gasteiger partial charge in [-0.1, -0.05) is 18.2 Å². The molecule has 3 aliphatic rings. The van der Waals surface area contributed by atoms with Gasteiger partial charge in [-0.2, -0.15) is 5.10 Å². The van der Waals surface area contributed by atoms with Gasteiger partial charge in [0.05, 0.1) is 35.6 Å². The van der Waals surface area contributed by atoms with E-state index in [-0.39, 0.29) is 40.8 Å². The molecule has 0 bridgehead atoms. The van der Waals surface area contributed by atoms with Gasteiger partial charge in [0.2, 0.25) is 5.91 Å². The number of hydrogen-bond donors (Lipinski definition) is 0. The van der Waals surface area contributed by atoms with Crippen molar-refractivity contribution in [2.24, 2.45) is 0 Å². The lowest BCUT2D eigenvalue weighted by Gasteiger charge is -2.34. The Kier molecular flexibility index (Phi) is 6.17. The topological polar surface area (TPSA) is 111 Å². The van der Waals surface area contributed by atoms with Crippen molar-refractivity contribution in [3.8, 4) is 11.3 Å². The molecule has 0 aliphatic carbocycles. The van der Waals surface area contributed by atoms with Crippen molar-refractivity contribution in [2.45, 2.75) is 29.5 Å². The molecule has 3 aliphatic heterocycles. The first-order valence-corrected chi connectivity index (χ1v) is 13.1. The summed E-state index contributed by atoms with van der Waals surface area (Å²) in [4.78, 5) is 29.6. The number of ether oxygens (including phenoxy) is 2. The van der Waals surface area contributed by atoms with Crippen LogP contribution in [0, 0.1) is 0 Å². The normalized spacial score (nSPS) is 21.6. The van der Waals surface area contributed by atoms with Crippen LogP contribution in [0.4, 0.5) is 0 Å². The first-order valence-electron chi connectivity index (χ1n) is 11.5. The van der Waals surface area contributed by atoms with E-state index in [1.54, 1.807) is 38.7 Å². The zero-order valence-electron chi connectivity index (χ0n) is 19.1. The standard InChI is InChI=1S/C23H28N4O6S/c1-32-14-20(28)26-8-4-5-16(13-26)27-22-17-6-2-3-7-19(17)34(30,31)15-18(22)21(24-27)23(29)25-9-11-33-12-10-25/h2-3,6-7,16H,4-5,8-15H2,1H3. The molecule has 5 rings (SSSR count). The van der Waals surface area contributed by atoms with Gasteiger partial charge in [0.1, 0.15) is 6.61 Å². The molecule has 0 radical (unpaired) electrons. The van der Waals surface area contributed by atoms with Crippen LogP contribution in [-0.2, 0) is 29.9 Å². The smallest absolute Gasteiger partial charge is 0.274 e. The average molecular weight is 489 g/mol. The summed E-state index contributed by atoms with van der Waals surface area (Å²) in [6, 6.07) is 6.68. The molecule has 1 atom stereocenters. The second kappa shape index (κ2) is 9.12. The fourth-order valence-electron chi connectivity index (χ4n) is 5.04. The highest BCUT2D eigenvalue weighted by atomic mass is 32.2. The summed E-state index contributed by atoms with van der Waals surface area (Å²) in [6.45, 7) is 2.82. The summed E-state index contributed by atoms with van der Waals surface area (Å²) in [6.07, 6.45) is 1.55. The molecule has 0 saturated carbocycles. The van der Waals surface area contributed by atoms with E-state index in [0.29, 0.717) is 56.2 Å². The largest absolute Gasteiger partial charge is 0.378 e. The number of carbonyl (C=O) groups is 2. The van der Waals surface area contributed by atoms with Gasteiger partial charge in [-0.05, 0) is 18.9 Å². The zero-order valence-corrected chi connectivity index (χ0v) is 19.9. The number of fused-ring (bicyclic) bond motifs is 3. The number of sulfone groups is 1. The van der Waals surface area contributed by atoms with Crippen LogP contribution in [0.15, 0.2) is 29.2 Å². The fourth-order valence-corrected chi connectivity index (χ4v) is 6.64. The molecule has 4 heterocycles. The molecule has 11 heteroatoms. The SMILES string of the molecule is COCC(=O)N1CCCC(n2nc(C(=O)N3CCOCC3)c3c2-c2ccccc2S(=O)(=O)C3)C1. The highest BCUT2D eigenvalue weighted by molar-refractivity contribution is 7.90. The molecule has 1 unspecified atom stereocenters. The minimum atomic E-state index is -3.62. The molecule has 2 amide bonds. The van der Waals surface area contributed by atoms with Crippen LogP contribution in [-0.4, -0.2) is 92.9 Å². The molecule has 2 aromatic rings. The maximum absolute atomic E-state index is 13.5. The summed E-state index contributed by atoms with van der Waals surface area (Å²) in [7, 11) is -2.13. The second-order valence-corrected chi connectivity index (χ2v) is 10.8. The monoisotopic (exact) mass is 488 g/mol. The van der Waals surface area contributed by atoms with Crippen molar-refractivity contribution in [3.05, 3.63) is 35.5 Å². The highest BCUT2D eigenvalue weighted by Gasteiger charge is 2.39. The quantitative estimate of drug-likeness (QED) is 0.634. The van der Waals surface area contributed by atoms with Crippen LogP contribution >= 0.6 is 0 Å². The Morgan fingerprint density at radius 3 is 2.68 bits per heavy atom. The van der Waals surface area contributed by atoms with Gasteiger partial charge < -0.3 is 19.3 Å². The van der Waals surface area contributed by atoms with E-state index in [4.69, 9.17) is 14.6 Å². The van der Waals surface area contributed by atoms with Crippen LogP contribution in [0.5, 0.6) is 0 Å². The Morgan fingerprint density at radius 1 is 1.15 bits per heavy atom. The molecule has 182 valence electrons. The minimum Gasteiger partial charge on any atom is -0.378 e. The molecule has 34 heavy (non-hydrogen) atoms. The van der Waals surface area contributed by atoms with Gasteiger partial charge >= 0.3 is 0 Å². The van der Waals surface area contributed by atoms with Gasteiger partial charge in [-0.25, -0.2) is 8.42 Å². The maximum Gasteiger partial charge on any atom is 0.274 e. The molecule has 1 aromatic heterocycles. The number of nitrogens with zero attached hydrogens (tertiary/aromatic N) is 4. The number of aromatic nitrogens is 2. The van der Waals surface area contributed by atoms with Gasteiger partial charge in [-0.15, -0.1) is 0 Å². The number of hydrogen-bond acceptors (Lipinski definition) is 7. The van der Waals surface area contributed by atoms with Crippen molar-refractivity contribution >= 4 is 21.7 Å². The molecule has 0 N–H and O–H groups in total. The van der Waals surface area contributed by atoms with Crippen molar-refractivity contribution < 1.29 is 27.5 Å². The Hall–Kier alpha value is -2.76. The Balaban J connectivity index is 1.61. The van der Waals surface area contributed by atoms with Crippen LogP contribution in [0.2, 0.25) is 0 Å². The number of likely N-dealkylation sites (tertiary alicyclic amines) is 1. The average Bonchev–Trinajstić information content (AvgIpc) is 3.23. The van der Waals surface area contributed by atoms with Gasteiger partial charge in [-0.3, -0.25) is 14.3 Å². The number of methoxy groups -OCH3 is 1.